The summed E-state index contributed by atoms with van der Waals surface area (Å²) in [5, 5.41) is 12.7. The first-order chi connectivity index (χ1) is 11.1. The highest BCUT2D eigenvalue weighted by Gasteiger charge is 2.19. The van der Waals surface area contributed by atoms with Crippen LogP contribution >= 0.6 is 11.6 Å². The number of nitro groups is 1. The molecule has 0 aliphatic carbocycles. The Kier molecular flexibility index (Phi) is 4.53. The van der Waals surface area contributed by atoms with Gasteiger partial charge in [-0.3, -0.25) is 15.1 Å². The van der Waals surface area contributed by atoms with Crippen LogP contribution in [-0.4, -0.2) is 16.5 Å². The van der Waals surface area contributed by atoms with Gasteiger partial charge in [0.2, 0.25) is 6.54 Å². The minimum Gasteiger partial charge on any atom is -0.265 e. The van der Waals surface area contributed by atoms with Gasteiger partial charge in [0, 0.05) is 27.4 Å². The van der Waals surface area contributed by atoms with E-state index in [0.29, 0.717) is 11.4 Å². The molecule has 0 amide bonds. The molecule has 4 nitrogen and oxygen atoms in total. The number of pyridine rings is 1. The Morgan fingerprint density at radius 2 is 1.78 bits per heavy atom. The molecule has 5 heteroatoms. The molecule has 1 heterocycles. The highest BCUT2D eigenvalue weighted by atomic mass is 35.5. The van der Waals surface area contributed by atoms with Crippen LogP contribution in [0.1, 0.15) is 17.2 Å². The second-order valence-corrected chi connectivity index (χ2v) is 5.90. The largest absolute Gasteiger partial charge is 0.265 e. The molecule has 0 N–H and O–H groups in total. The first kappa shape index (κ1) is 15.4. The predicted octanol–water partition coefficient (Wildman–Crippen LogP) is 4.49. The van der Waals surface area contributed by atoms with E-state index in [1.54, 1.807) is 12.1 Å². The van der Waals surface area contributed by atoms with Crippen LogP contribution in [-0.2, 0) is 6.42 Å². The van der Waals surface area contributed by atoms with Gasteiger partial charge >= 0.3 is 0 Å². The second-order valence-electron chi connectivity index (χ2n) is 5.46. The molecule has 23 heavy (non-hydrogen) atoms. The Morgan fingerprint density at radius 3 is 2.52 bits per heavy atom. The van der Waals surface area contributed by atoms with E-state index >= 15 is 0 Å². The van der Waals surface area contributed by atoms with Gasteiger partial charge in [-0.05, 0) is 29.8 Å². The number of hydrogen-bond donors (Lipinski definition) is 0. The van der Waals surface area contributed by atoms with E-state index in [1.165, 1.54) is 0 Å². The Morgan fingerprint density at radius 1 is 1.04 bits per heavy atom. The van der Waals surface area contributed by atoms with Gasteiger partial charge in [-0.25, -0.2) is 0 Å². The fourth-order valence-corrected chi connectivity index (χ4v) is 2.80. The lowest BCUT2D eigenvalue weighted by atomic mass is 9.94. The summed E-state index contributed by atoms with van der Waals surface area (Å²) in [6.45, 7) is -0.129. The molecule has 3 rings (SSSR count). The quantitative estimate of drug-likeness (QED) is 0.512. The van der Waals surface area contributed by atoms with Crippen LogP contribution in [0.25, 0.3) is 10.9 Å². The fourth-order valence-electron chi connectivity index (χ4n) is 2.68. The van der Waals surface area contributed by atoms with Crippen molar-refractivity contribution in [2.75, 3.05) is 6.54 Å². The maximum absolute atomic E-state index is 11.0. The molecule has 116 valence electrons. The summed E-state index contributed by atoms with van der Waals surface area (Å²) in [6, 6.07) is 19.0. The first-order valence-electron chi connectivity index (χ1n) is 7.34. The number of halogens is 1. The number of rotatable bonds is 5. The minimum atomic E-state index is -0.277. The number of hydrogen-bond acceptors (Lipinski definition) is 3. The molecule has 0 spiro atoms. The third-order valence-electron chi connectivity index (χ3n) is 3.82. The van der Waals surface area contributed by atoms with E-state index in [4.69, 9.17) is 11.6 Å². The number of nitrogens with zero attached hydrogens (tertiary/aromatic N) is 2. The Labute approximate surface area is 138 Å². The highest BCUT2D eigenvalue weighted by molar-refractivity contribution is 6.30. The van der Waals surface area contributed by atoms with Crippen LogP contribution in [0.4, 0.5) is 0 Å². The van der Waals surface area contributed by atoms with Gasteiger partial charge in [0.1, 0.15) is 0 Å². The molecular weight excluding hydrogens is 312 g/mol. The zero-order valence-corrected chi connectivity index (χ0v) is 13.1. The van der Waals surface area contributed by atoms with Crippen molar-refractivity contribution in [2.24, 2.45) is 0 Å². The molecule has 0 aliphatic heterocycles. The van der Waals surface area contributed by atoms with E-state index in [-0.39, 0.29) is 17.4 Å². The molecule has 0 radical (unpaired) electrons. The van der Waals surface area contributed by atoms with Crippen LogP contribution in [0.15, 0.2) is 60.7 Å². The summed E-state index contributed by atoms with van der Waals surface area (Å²) in [6.07, 6.45) is 0.521. The lowest BCUT2D eigenvalue weighted by molar-refractivity contribution is -0.483. The number of benzene rings is 2. The van der Waals surface area contributed by atoms with Crippen molar-refractivity contribution < 1.29 is 4.92 Å². The minimum absolute atomic E-state index is 0.129. The van der Waals surface area contributed by atoms with Crippen molar-refractivity contribution in [3.05, 3.63) is 87.1 Å². The number of para-hydroxylation sites is 1. The van der Waals surface area contributed by atoms with Crippen molar-refractivity contribution in [3.63, 3.8) is 0 Å². The fraction of sp³-hybridized carbons (Fsp3) is 0.167. The highest BCUT2D eigenvalue weighted by Crippen LogP contribution is 2.23. The normalized spacial score (nSPS) is 12.2. The summed E-state index contributed by atoms with van der Waals surface area (Å²) >= 11 is 5.90. The van der Waals surface area contributed by atoms with Crippen LogP contribution < -0.4 is 0 Å². The molecule has 0 aliphatic rings. The molecule has 1 aromatic heterocycles. The second kappa shape index (κ2) is 6.75. The molecule has 0 bridgehead atoms. The van der Waals surface area contributed by atoms with E-state index in [9.17, 15) is 10.1 Å². The van der Waals surface area contributed by atoms with Crippen LogP contribution in [0.5, 0.6) is 0 Å². The molecular formula is C18H15ClN2O2. The van der Waals surface area contributed by atoms with Crippen molar-refractivity contribution in [2.45, 2.75) is 12.3 Å². The van der Waals surface area contributed by atoms with Crippen molar-refractivity contribution in [1.29, 1.82) is 0 Å². The molecule has 0 fully saturated rings. The predicted molar refractivity (Wildman–Crippen MR) is 91.5 cm³/mol. The van der Waals surface area contributed by atoms with Crippen molar-refractivity contribution >= 4 is 22.5 Å². The summed E-state index contributed by atoms with van der Waals surface area (Å²) in [5.74, 6) is -0.226. The molecule has 2 aromatic carbocycles. The zero-order chi connectivity index (χ0) is 16.2. The van der Waals surface area contributed by atoms with Gasteiger partial charge in [0.05, 0.1) is 11.4 Å². The van der Waals surface area contributed by atoms with E-state index in [1.807, 2.05) is 48.5 Å². The van der Waals surface area contributed by atoms with Gasteiger partial charge in [-0.2, -0.15) is 0 Å². The van der Waals surface area contributed by atoms with Crippen LogP contribution in [0.2, 0.25) is 5.02 Å². The lowest BCUT2D eigenvalue weighted by Crippen LogP contribution is -2.15. The summed E-state index contributed by atoms with van der Waals surface area (Å²) in [4.78, 5) is 15.4. The molecule has 1 atom stereocenters. The smallest absolute Gasteiger partial charge is 0.211 e. The van der Waals surface area contributed by atoms with Gasteiger partial charge < -0.3 is 0 Å². The lowest BCUT2D eigenvalue weighted by Gasteiger charge is -2.13. The molecule has 0 saturated heterocycles. The van der Waals surface area contributed by atoms with Crippen molar-refractivity contribution in [3.8, 4) is 0 Å². The summed E-state index contributed by atoms with van der Waals surface area (Å²) in [7, 11) is 0. The standard InChI is InChI=1S/C18H15ClN2O2/c19-16-8-5-13(6-9-16)15(12-21(22)23)11-17-10-7-14-3-1-2-4-18(14)20-17/h1-10,15H,11-12H2. The van der Waals surface area contributed by atoms with Crippen LogP contribution in [0, 0.1) is 10.1 Å². The maximum atomic E-state index is 11.0. The topological polar surface area (TPSA) is 56.0 Å². The van der Waals surface area contributed by atoms with E-state index < -0.39 is 0 Å². The Bertz CT molecular complexity index is 834. The third kappa shape index (κ3) is 3.85. The monoisotopic (exact) mass is 326 g/mol. The molecule has 1 unspecified atom stereocenters. The first-order valence-corrected chi connectivity index (χ1v) is 7.71. The van der Waals surface area contributed by atoms with E-state index in [0.717, 1.165) is 22.2 Å². The zero-order valence-electron chi connectivity index (χ0n) is 12.4. The SMILES string of the molecule is O=[N+]([O-])CC(Cc1ccc2ccccc2n1)c1ccc(Cl)cc1. The average Bonchev–Trinajstić information content (AvgIpc) is 2.54. The van der Waals surface area contributed by atoms with Gasteiger partial charge in [-0.15, -0.1) is 0 Å². The third-order valence-corrected chi connectivity index (χ3v) is 4.07. The maximum Gasteiger partial charge on any atom is 0.211 e. The average molecular weight is 327 g/mol. The summed E-state index contributed by atoms with van der Waals surface area (Å²) < 4.78 is 0. The van der Waals surface area contributed by atoms with Gasteiger partial charge in [0.15, 0.2) is 0 Å². The number of aromatic nitrogens is 1. The van der Waals surface area contributed by atoms with Gasteiger partial charge in [0.25, 0.3) is 0 Å². The Hall–Kier alpha value is -2.46. The number of fused-ring (bicyclic) bond motifs is 1. The van der Waals surface area contributed by atoms with Crippen LogP contribution in [0.3, 0.4) is 0 Å². The summed E-state index contributed by atoms with van der Waals surface area (Å²) in [5.41, 5.74) is 2.66. The van der Waals surface area contributed by atoms with Crippen molar-refractivity contribution in [1.82, 2.24) is 4.98 Å². The Balaban J connectivity index is 1.89. The molecule has 3 aromatic rings. The van der Waals surface area contributed by atoms with Gasteiger partial charge in [-0.1, -0.05) is 48.0 Å². The molecule has 0 saturated carbocycles. The van der Waals surface area contributed by atoms with E-state index in [2.05, 4.69) is 4.98 Å².